The van der Waals surface area contributed by atoms with Crippen molar-refractivity contribution >= 4 is 5.78 Å². The smallest absolute Gasteiger partial charge is 0.151 e. The summed E-state index contributed by atoms with van der Waals surface area (Å²) in [5, 5.41) is 0. The van der Waals surface area contributed by atoms with Crippen molar-refractivity contribution in [2.45, 2.75) is 13.3 Å². The summed E-state index contributed by atoms with van der Waals surface area (Å²) in [7, 11) is 1.86. The van der Waals surface area contributed by atoms with E-state index in [9.17, 15) is 9.18 Å². The molecule has 0 aliphatic carbocycles. The Morgan fingerprint density at radius 2 is 2.11 bits per heavy atom. The summed E-state index contributed by atoms with van der Waals surface area (Å²) in [5.41, 5.74) is 0.459. The van der Waals surface area contributed by atoms with Crippen molar-refractivity contribution in [2.75, 3.05) is 33.4 Å². The van der Waals surface area contributed by atoms with Crippen LogP contribution in [0.3, 0.4) is 0 Å². The van der Waals surface area contributed by atoms with Crippen LogP contribution in [0, 0.1) is 5.82 Å². The van der Waals surface area contributed by atoms with Gasteiger partial charge in [-0.15, -0.1) is 0 Å². The molecule has 4 heteroatoms. The van der Waals surface area contributed by atoms with Gasteiger partial charge in [-0.1, -0.05) is 18.2 Å². The van der Waals surface area contributed by atoms with Crippen molar-refractivity contribution in [3.05, 3.63) is 35.6 Å². The molecule has 0 aliphatic heterocycles. The highest BCUT2D eigenvalue weighted by atomic mass is 19.1. The summed E-state index contributed by atoms with van der Waals surface area (Å²) in [6, 6.07) is 6.39. The Labute approximate surface area is 108 Å². The van der Waals surface area contributed by atoms with E-state index in [1.54, 1.807) is 18.2 Å². The number of likely N-dealkylation sites (N-methyl/N-ethyl adjacent to an activating group) is 1. The Morgan fingerprint density at radius 1 is 1.39 bits per heavy atom. The van der Waals surface area contributed by atoms with Crippen molar-refractivity contribution in [1.82, 2.24) is 4.90 Å². The molecule has 0 saturated heterocycles. The lowest BCUT2D eigenvalue weighted by Crippen LogP contribution is -2.30. The fraction of sp³-hybridized carbons (Fsp3) is 0.500. The summed E-state index contributed by atoms with van der Waals surface area (Å²) in [6.45, 7) is 4.25. The molecule has 0 radical (unpaired) electrons. The van der Waals surface area contributed by atoms with Gasteiger partial charge in [0.25, 0.3) is 0 Å². The average molecular weight is 253 g/mol. The number of carbonyl (C=O) groups is 1. The van der Waals surface area contributed by atoms with Crippen LogP contribution in [0.1, 0.15) is 12.5 Å². The van der Waals surface area contributed by atoms with E-state index in [0.29, 0.717) is 31.9 Å². The maximum Gasteiger partial charge on any atom is 0.151 e. The molecule has 18 heavy (non-hydrogen) atoms. The molecule has 0 amide bonds. The normalized spacial score (nSPS) is 10.9. The number of ether oxygens (including phenoxy) is 1. The number of rotatable bonds is 8. The van der Waals surface area contributed by atoms with Gasteiger partial charge in [-0.05, 0) is 25.6 Å². The van der Waals surface area contributed by atoms with Gasteiger partial charge in [-0.3, -0.25) is 9.69 Å². The van der Waals surface area contributed by atoms with Crippen molar-refractivity contribution < 1.29 is 13.9 Å². The summed E-state index contributed by atoms with van der Waals surface area (Å²) >= 11 is 0. The quantitative estimate of drug-likeness (QED) is 0.663. The molecule has 0 aromatic heterocycles. The molecule has 0 bridgehead atoms. The molecule has 0 heterocycles. The van der Waals surface area contributed by atoms with E-state index in [4.69, 9.17) is 4.74 Å². The van der Waals surface area contributed by atoms with Crippen LogP contribution in [0.4, 0.5) is 4.39 Å². The summed E-state index contributed by atoms with van der Waals surface area (Å²) in [6.07, 6.45) is 0.144. The summed E-state index contributed by atoms with van der Waals surface area (Å²) in [5.74, 6) is -0.304. The molecule has 0 spiro atoms. The van der Waals surface area contributed by atoms with Gasteiger partial charge in [-0.25, -0.2) is 4.39 Å². The second-order valence-corrected chi connectivity index (χ2v) is 4.24. The number of hydrogen-bond acceptors (Lipinski definition) is 3. The molecule has 1 rings (SSSR count). The molecular weight excluding hydrogens is 233 g/mol. The van der Waals surface area contributed by atoms with Crippen LogP contribution in [0.2, 0.25) is 0 Å². The van der Waals surface area contributed by atoms with Crippen LogP contribution >= 0.6 is 0 Å². The molecule has 0 unspecified atom stereocenters. The molecular formula is C14H20FNO2. The number of ketones is 1. The maximum atomic E-state index is 13.4. The lowest BCUT2D eigenvalue weighted by molar-refractivity contribution is -0.119. The van der Waals surface area contributed by atoms with Gasteiger partial charge in [0.2, 0.25) is 0 Å². The fourth-order valence-corrected chi connectivity index (χ4v) is 1.65. The lowest BCUT2D eigenvalue weighted by atomic mass is 10.1. The van der Waals surface area contributed by atoms with Crippen molar-refractivity contribution in [2.24, 2.45) is 0 Å². The maximum absolute atomic E-state index is 13.4. The topological polar surface area (TPSA) is 29.5 Å². The summed E-state index contributed by atoms with van der Waals surface area (Å²) < 4.78 is 18.6. The predicted molar refractivity (Wildman–Crippen MR) is 69.1 cm³/mol. The van der Waals surface area contributed by atoms with Crippen LogP contribution in [0.15, 0.2) is 24.3 Å². The minimum atomic E-state index is -0.317. The number of benzene rings is 1. The number of hydrogen-bond donors (Lipinski definition) is 0. The Balaban J connectivity index is 2.35. The van der Waals surface area contributed by atoms with E-state index in [-0.39, 0.29) is 18.0 Å². The van der Waals surface area contributed by atoms with Crippen molar-refractivity contribution in [3.63, 3.8) is 0 Å². The van der Waals surface area contributed by atoms with Crippen LogP contribution in [-0.2, 0) is 16.0 Å². The number of carbonyl (C=O) groups excluding carboxylic acids is 1. The average Bonchev–Trinajstić information content (AvgIpc) is 2.32. The number of nitrogens with zero attached hydrogens (tertiary/aromatic N) is 1. The number of halogens is 1. The SMILES string of the molecule is CCOCCN(C)CC(=O)Cc1ccccc1F. The monoisotopic (exact) mass is 253 g/mol. The van der Waals surface area contributed by atoms with Gasteiger partial charge < -0.3 is 4.74 Å². The number of Topliss-reactive ketones (excluding diaryl/α,β-unsaturated/α-hetero) is 1. The third kappa shape index (κ3) is 5.38. The van der Waals surface area contributed by atoms with Crippen LogP contribution < -0.4 is 0 Å². The van der Waals surface area contributed by atoms with Gasteiger partial charge in [0.05, 0.1) is 13.2 Å². The van der Waals surface area contributed by atoms with Gasteiger partial charge in [0.15, 0.2) is 5.78 Å². The minimum absolute atomic E-state index is 0.0131. The first kappa shape index (κ1) is 14.8. The molecule has 0 atom stereocenters. The Hall–Kier alpha value is -1.26. The van der Waals surface area contributed by atoms with E-state index in [0.717, 1.165) is 0 Å². The molecule has 0 fully saturated rings. The largest absolute Gasteiger partial charge is 0.380 e. The highest BCUT2D eigenvalue weighted by molar-refractivity contribution is 5.82. The van der Waals surface area contributed by atoms with Crippen molar-refractivity contribution in [3.8, 4) is 0 Å². The van der Waals surface area contributed by atoms with E-state index < -0.39 is 0 Å². The second-order valence-electron chi connectivity index (χ2n) is 4.24. The first-order valence-corrected chi connectivity index (χ1v) is 6.15. The van der Waals surface area contributed by atoms with Crippen LogP contribution in [0.5, 0.6) is 0 Å². The van der Waals surface area contributed by atoms with E-state index in [1.165, 1.54) is 6.07 Å². The molecule has 1 aromatic carbocycles. The van der Waals surface area contributed by atoms with Crippen LogP contribution in [0.25, 0.3) is 0 Å². The molecule has 0 N–H and O–H groups in total. The highest BCUT2D eigenvalue weighted by Crippen LogP contribution is 2.07. The van der Waals surface area contributed by atoms with Gasteiger partial charge in [0, 0.05) is 19.6 Å². The van der Waals surface area contributed by atoms with Gasteiger partial charge in [-0.2, -0.15) is 0 Å². The molecule has 0 aliphatic rings. The zero-order valence-corrected chi connectivity index (χ0v) is 11.0. The predicted octanol–water partition coefficient (Wildman–Crippen LogP) is 1.91. The van der Waals surface area contributed by atoms with Gasteiger partial charge in [0.1, 0.15) is 5.82 Å². The summed E-state index contributed by atoms with van der Waals surface area (Å²) in [4.78, 5) is 13.6. The first-order chi connectivity index (χ1) is 8.63. The third-order valence-corrected chi connectivity index (χ3v) is 2.61. The standard InChI is InChI=1S/C14H20FNO2/c1-3-18-9-8-16(2)11-13(17)10-12-6-4-5-7-14(12)15/h4-7H,3,8-11H2,1-2H3. The third-order valence-electron chi connectivity index (χ3n) is 2.61. The fourth-order valence-electron chi connectivity index (χ4n) is 1.65. The zero-order valence-electron chi connectivity index (χ0n) is 11.0. The Kier molecular flexibility index (Phi) is 6.54. The zero-order chi connectivity index (χ0) is 13.4. The minimum Gasteiger partial charge on any atom is -0.380 e. The second kappa shape index (κ2) is 7.95. The van der Waals surface area contributed by atoms with E-state index in [2.05, 4.69) is 0 Å². The Bertz CT molecular complexity index is 382. The van der Waals surface area contributed by atoms with Gasteiger partial charge >= 0.3 is 0 Å². The Morgan fingerprint density at radius 3 is 2.78 bits per heavy atom. The molecule has 0 saturated carbocycles. The lowest BCUT2D eigenvalue weighted by Gasteiger charge is -2.15. The van der Waals surface area contributed by atoms with Crippen LogP contribution in [-0.4, -0.2) is 44.0 Å². The van der Waals surface area contributed by atoms with Crippen molar-refractivity contribution in [1.29, 1.82) is 0 Å². The first-order valence-electron chi connectivity index (χ1n) is 6.15. The highest BCUT2D eigenvalue weighted by Gasteiger charge is 2.10. The molecule has 1 aromatic rings. The molecule has 3 nitrogen and oxygen atoms in total. The molecule has 100 valence electrons. The van der Waals surface area contributed by atoms with E-state index in [1.807, 2.05) is 18.9 Å². The van der Waals surface area contributed by atoms with E-state index >= 15 is 0 Å².